The first-order valence-electron chi connectivity index (χ1n) is 9.47. The Kier molecular flexibility index (Phi) is 5.64. The summed E-state index contributed by atoms with van der Waals surface area (Å²) in [6.07, 6.45) is -4.69. The molecule has 162 valence electrons. The summed E-state index contributed by atoms with van der Waals surface area (Å²) in [6.45, 7) is 0.454. The molecule has 3 aromatic rings. The van der Waals surface area contributed by atoms with Crippen molar-refractivity contribution in [2.45, 2.75) is 32.0 Å². The molecule has 0 aliphatic carbocycles. The maximum absolute atomic E-state index is 12.8. The Bertz CT molecular complexity index is 1080. The third kappa shape index (κ3) is 4.53. The van der Waals surface area contributed by atoms with E-state index in [0.717, 1.165) is 23.4 Å². The lowest BCUT2D eigenvalue weighted by Crippen LogP contribution is -2.27. The van der Waals surface area contributed by atoms with Crippen molar-refractivity contribution in [2.24, 2.45) is 0 Å². The summed E-state index contributed by atoms with van der Waals surface area (Å²) in [5.74, 6) is 0.214. The molecule has 1 N–H and O–H groups in total. The summed E-state index contributed by atoms with van der Waals surface area (Å²) < 4.78 is 51.2. The molecule has 31 heavy (non-hydrogen) atoms. The fourth-order valence-corrected chi connectivity index (χ4v) is 3.33. The van der Waals surface area contributed by atoms with Gasteiger partial charge in [0.2, 0.25) is 0 Å². The largest absolute Gasteiger partial charge is 0.497 e. The van der Waals surface area contributed by atoms with E-state index in [1.807, 2.05) is 24.3 Å². The first kappa shape index (κ1) is 20.9. The van der Waals surface area contributed by atoms with Gasteiger partial charge >= 0.3 is 6.18 Å². The molecule has 0 bridgehead atoms. The molecule has 4 rings (SSSR count). The van der Waals surface area contributed by atoms with E-state index in [2.05, 4.69) is 15.6 Å². The predicted octanol–water partition coefficient (Wildman–Crippen LogP) is 3.51. The topological polar surface area (TPSA) is 78.3 Å². The van der Waals surface area contributed by atoms with Crippen LogP contribution in [0, 0.1) is 0 Å². The Balaban J connectivity index is 1.42. The van der Waals surface area contributed by atoms with Gasteiger partial charge in [-0.3, -0.25) is 4.79 Å². The zero-order valence-electron chi connectivity index (χ0n) is 16.5. The first-order valence-corrected chi connectivity index (χ1v) is 9.47. The zero-order valence-corrected chi connectivity index (χ0v) is 16.5. The second kappa shape index (κ2) is 8.38. The number of hydrogen-bond acceptors (Lipinski definition) is 5. The van der Waals surface area contributed by atoms with Crippen molar-refractivity contribution < 1.29 is 27.4 Å². The monoisotopic (exact) mass is 432 g/mol. The van der Waals surface area contributed by atoms with Crippen LogP contribution in [0.2, 0.25) is 0 Å². The van der Waals surface area contributed by atoms with Gasteiger partial charge in [-0.1, -0.05) is 29.5 Å². The van der Waals surface area contributed by atoms with Crippen LogP contribution < -0.4 is 10.1 Å². The summed E-state index contributed by atoms with van der Waals surface area (Å²) in [7, 11) is 1.59. The molecule has 2 aromatic carbocycles. The van der Waals surface area contributed by atoms with Crippen LogP contribution in [0.25, 0.3) is 0 Å². The highest BCUT2D eigenvalue weighted by atomic mass is 19.4. The van der Waals surface area contributed by atoms with E-state index in [-0.39, 0.29) is 24.9 Å². The molecule has 1 amide bonds. The van der Waals surface area contributed by atoms with Crippen molar-refractivity contribution in [3.8, 4) is 5.75 Å². The highest BCUT2D eigenvalue weighted by Gasteiger charge is 2.31. The minimum atomic E-state index is -4.44. The highest BCUT2D eigenvalue weighted by Crippen LogP contribution is 2.30. The second-order valence-electron chi connectivity index (χ2n) is 7.02. The summed E-state index contributed by atoms with van der Waals surface area (Å²) in [4.78, 5) is 12.5. The van der Waals surface area contributed by atoms with E-state index in [0.29, 0.717) is 17.8 Å². The van der Waals surface area contributed by atoms with Gasteiger partial charge in [0.1, 0.15) is 11.9 Å². The van der Waals surface area contributed by atoms with Gasteiger partial charge in [0.25, 0.3) is 5.91 Å². The van der Waals surface area contributed by atoms with Crippen molar-refractivity contribution in [2.75, 3.05) is 7.11 Å². The molecule has 0 fully saturated rings. The highest BCUT2D eigenvalue weighted by molar-refractivity contribution is 5.93. The van der Waals surface area contributed by atoms with Crippen molar-refractivity contribution in [3.63, 3.8) is 0 Å². The lowest BCUT2D eigenvalue weighted by molar-refractivity contribution is -0.137. The number of carbonyl (C=O) groups excluding carboxylic acids is 1. The standard InChI is InChI=1S/C21H19F3N4O3/c1-30-16-7-5-14(6-8-16)18-11-28-17(12-31-18)19(26-27-28)20(29)25-10-13-3-2-4-15(9-13)21(22,23)24/h2-9,18H,10-12H2,1H3,(H,25,29). The molecule has 1 atom stereocenters. The molecule has 2 heterocycles. The third-order valence-electron chi connectivity index (χ3n) is 5.01. The Morgan fingerprint density at radius 2 is 2.03 bits per heavy atom. The van der Waals surface area contributed by atoms with Gasteiger partial charge in [0.15, 0.2) is 5.69 Å². The Morgan fingerprint density at radius 3 is 2.74 bits per heavy atom. The Morgan fingerprint density at radius 1 is 1.26 bits per heavy atom. The number of hydrogen-bond donors (Lipinski definition) is 1. The van der Waals surface area contributed by atoms with Gasteiger partial charge in [0, 0.05) is 6.54 Å². The lowest BCUT2D eigenvalue weighted by Gasteiger charge is -2.24. The molecule has 1 unspecified atom stereocenters. The Hall–Kier alpha value is -3.40. The number of nitrogens with one attached hydrogen (secondary N) is 1. The van der Waals surface area contributed by atoms with Gasteiger partial charge in [-0.05, 0) is 35.4 Å². The molecule has 0 saturated heterocycles. The molecule has 0 radical (unpaired) electrons. The van der Waals surface area contributed by atoms with Crippen molar-refractivity contribution >= 4 is 5.91 Å². The lowest BCUT2D eigenvalue weighted by atomic mass is 10.1. The number of fused-ring (bicyclic) bond motifs is 1. The molecule has 0 saturated carbocycles. The molecule has 1 aliphatic rings. The molecule has 0 spiro atoms. The number of aromatic nitrogens is 3. The number of halogens is 3. The van der Waals surface area contributed by atoms with Gasteiger partial charge < -0.3 is 14.8 Å². The van der Waals surface area contributed by atoms with Gasteiger partial charge in [-0.25, -0.2) is 4.68 Å². The summed E-state index contributed by atoms with van der Waals surface area (Å²) >= 11 is 0. The average molecular weight is 432 g/mol. The normalized spacial score (nSPS) is 15.9. The molecule has 1 aliphatic heterocycles. The van der Waals surface area contributed by atoms with E-state index in [4.69, 9.17) is 9.47 Å². The number of rotatable bonds is 5. The average Bonchev–Trinajstić information content (AvgIpc) is 3.20. The van der Waals surface area contributed by atoms with E-state index in [1.54, 1.807) is 11.8 Å². The van der Waals surface area contributed by atoms with Crippen molar-refractivity contribution in [1.29, 1.82) is 0 Å². The molecule has 10 heteroatoms. The fourth-order valence-electron chi connectivity index (χ4n) is 3.33. The van der Waals surface area contributed by atoms with Crippen LogP contribution in [0.4, 0.5) is 13.2 Å². The number of methoxy groups -OCH3 is 1. The zero-order chi connectivity index (χ0) is 22.0. The predicted molar refractivity (Wildman–Crippen MR) is 103 cm³/mol. The summed E-state index contributed by atoms with van der Waals surface area (Å²) in [5, 5.41) is 10.6. The quantitative estimate of drug-likeness (QED) is 0.668. The molecule has 7 nitrogen and oxygen atoms in total. The van der Waals surface area contributed by atoms with E-state index in [1.165, 1.54) is 12.1 Å². The van der Waals surface area contributed by atoms with Crippen LogP contribution in [0.1, 0.15) is 39.0 Å². The van der Waals surface area contributed by atoms with Gasteiger partial charge in [-0.2, -0.15) is 13.2 Å². The number of benzene rings is 2. The minimum Gasteiger partial charge on any atom is -0.497 e. The van der Waals surface area contributed by atoms with Crippen LogP contribution in [-0.2, 0) is 30.6 Å². The number of alkyl halides is 3. The summed E-state index contributed by atoms with van der Waals surface area (Å²) in [6, 6.07) is 12.3. The van der Waals surface area contributed by atoms with E-state index >= 15 is 0 Å². The number of amides is 1. The van der Waals surface area contributed by atoms with Gasteiger partial charge in [-0.15, -0.1) is 5.10 Å². The summed E-state index contributed by atoms with van der Waals surface area (Å²) in [5.41, 5.74) is 1.13. The van der Waals surface area contributed by atoms with Crippen LogP contribution in [-0.4, -0.2) is 28.0 Å². The van der Waals surface area contributed by atoms with Crippen LogP contribution in [0.5, 0.6) is 5.75 Å². The van der Waals surface area contributed by atoms with Crippen LogP contribution in [0.3, 0.4) is 0 Å². The minimum absolute atomic E-state index is 0.0651. The molecular formula is C21H19F3N4O3. The maximum Gasteiger partial charge on any atom is 0.416 e. The number of carbonyl (C=O) groups is 1. The number of nitrogens with zero attached hydrogens (tertiary/aromatic N) is 3. The third-order valence-corrected chi connectivity index (χ3v) is 5.01. The van der Waals surface area contributed by atoms with Crippen molar-refractivity contribution in [1.82, 2.24) is 20.3 Å². The first-order chi connectivity index (χ1) is 14.8. The second-order valence-corrected chi connectivity index (χ2v) is 7.02. The van der Waals surface area contributed by atoms with Gasteiger partial charge in [0.05, 0.1) is 31.5 Å². The van der Waals surface area contributed by atoms with Crippen molar-refractivity contribution in [3.05, 3.63) is 76.6 Å². The fraction of sp³-hybridized carbons (Fsp3) is 0.286. The van der Waals surface area contributed by atoms with E-state index < -0.39 is 17.6 Å². The maximum atomic E-state index is 12.8. The number of ether oxygens (including phenoxy) is 2. The molecular weight excluding hydrogens is 413 g/mol. The Labute approximate surface area is 175 Å². The van der Waals surface area contributed by atoms with Crippen LogP contribution >= 0.6 is 0 Å². The smallest absolute Gasteiger partial charge is 0.416 e. The van der Waals surface area contributed by atoms with E-state index in [9.17, 15) is 18.0 Å². The van der Waals surface area contributed by atoms with Crippen LogP contribution in [0.15, 0.2) is 48.5 Å². The molecule has 1 aromatic heterocycles. The SMILES string of the molecule is COc1ccc(C2Cn3nnc(C(=O)NCc4cccc(C(F)(F)F)c4)c3CO2)cc1.